The molecule has 0 amide bonds. The van der Waals surface area contributed by atoms with Crippen molar-refractivity contribution in [2.75, 3.05) is 6.61 Å². The summed E-state index contributed by atoms with van der Waals surface area (Å²) in [4.78, 5) is 11.2. The van der Waals surface area contributed by atoms with Crippen LogP contribution in [0.4, 0.5) is 8.78 Å². The highest BCUT2D eigenvalue weighted by Crippen LogP contribution is 2.33. The van der Waals surface area contributed by atoms with Gasteiger partial charge in [-0.2, -0.15) is 0 Å². The first kappa shape index (κ1) is 12.1. The van der Waals surface area contributed by atoms with Crippen LogP contribution in [0.3, 0.4) is 0 Å². The Balaban J connectivity index is 3.47. The normalized spacial score (nSPS) is 10.2. The summed E-state index contributed by atoms with van der Waals surface area (Å²) in [6.07, 6.45) is 0. The van der Waals surface area contributed by atoms with Gasteiger partial charge < -0.3 is 4.74 Å². The number of carbonyl (C=O) groups excluding carboxylic acids is 1. The average Bonchev–Trinajstić information content (AvgIpc) is 2.14. The van der Waals surface area contributed by atoms with E-state index in [9.17, 15) is 13.6 Å². The van der Waals surface area contributed by atoms with Gasteiger partial charge in [0.1, 0.15) is 5.75 Å². The molecular weight excluding hydrogens is 270 g/mol. The van der Waals surface area contributed by atoms with Gasteiger partial charge in [-0.3, -0.25) is 4.79 Å². The van der Waals surface area contributed by atoms with E-state index in [0.717, 1.165) is 13.0 Å². The molecule has 1 aromatic carbocycles. The molecule has 0 aliphatic heterocycles. The molecule has 0 fully saturated rings. The third-order valence-corrected chi connectivity index (χ3v) is 2.36. The summed E-state index contributed by atoms with van der Waals surface area (Å²) >= 11 is 3.02. The standard InChI is InChI=1S/C10H9BrF2O2/c1-3-15-10-6(11)4-7(12)9(13)8(10)5(2)14/h4H,3H2,1-2H3. The maximum absolute atomic E-state index is 13.3. The van der Waals surface area contributed by atoms with Gasteiger partial charge in [-0.25, -0.2) is 8.78 Å². The van der Waals surface area contributed by atoms with Crippen molar-refractivity contribution in [3.8, 4) is 5.75 Å². The van der Waals surface area contributed by atoms with Crippen molar-refractivity contribution in [1.29, 1.82) is 0 Å². The van der Waals surface area contributed by atoms with Crippen LogP contribution in [-0.4, -0.2) is 12.4 Å². The number of benzene rings is 1. The molecule has 0 bridgehead atoms. The van der Waals surface area contributed by atoms with E-state index in [-0.39, 0.29) is 22.4 Å². The first-order valence-electron chi connectivity index (χ1n) is 4.30. The second kappa shape index (κ2) is 4.70. The van der Waals surface area contributed by atoms with Crippen molar-refractivity contribution in [3.63, 3.8) is 0 Å². The highest BCUT2D eigenvalue weighted by Gasteiger charge is 2.21. The molecule has 82 valence electrons. The molecule has 15 heavy (non-hydrogen) atoms. The molecule has 0 N–H and O–H groups in total. The summed E-state index contributed by atoms with van der Waals surface area (Å²) in [5.41, 5.74) is -0.358. The summed E-state index contributed by atoms with van der Waals surface area (Å²) in [6, 6.07) is 0.937. The SMILES string of the molecule is CCOc1c(Br)cc(F)c(F)c1C(C)=O. The van der Waals surface area contributed by atoms with Gasteiger partial charge in [-0.1, -0.05) is 0 Å². The van der Waals surface area contributed by atoms with E-state index >= 15 is 0 Å². The van der Waals surface area contributed by atoms with Crippen LogP contribution in [0.5, 0.6) is 5.75 Å². The van der Waals surface area contributed by atoms with Crippen molar-refractivity contribution in [3.05, 3.63) is 27.7 Å². The minimum Gasteiger partial charge on any atom is -0.492 e. The van der Waals surface area contributed by atoms with Gasteiger partial charge in [0.05, 0.1) is 16.6 Å². The van der Waals surface area contributed by atoms with Crippen LogP contribution in [0, 0.1) is 11.6 Å². The maximum atomic E-state index is 13.3. The predicted molar refractivity (Wildman–Crippen MR) is 55.2 cm³/mol. The van der Waals surface area contributed by atoms with Crippen LogP contribution in [0.25, 0.3) is 0 Å². The van der Waals surface area contributed by atoms with Crippen molar-refractivity contribution < 1.29 is 18.3 Å². The monoisotopic (exact) mass is 278 g/mol. The van der Waals surface area contributed by atoms with Gasteiger partial charge in [-0.15, -0.1) is 0 Å². The number of ketones is 1. The molecule has 0 atom stereocenters. The topological polar surface area (TPSA) is 26.3 Å². The quantitative estimate of drug-likeness (QED) is 0.626. The zero-order chi connectivity index (χ0) is 11.6. The number of rotatable bonds is 3. The van der Waals surface area contributed by atoms with Gasteiger partial charge in [0, 0.05) is 0 Å². The Kier molecular flexibility index (Phi) is 3.79. The number of hydrogen-bond donors (Lipinski definition) is 0. The minimum atomic E-state index is -1.17. The van der Waals surface area contributed by atoms with Crippen LogP contribution in [-0.2, 0) is 0 Å². The van der Waals surface area contributed by atoms with Crippen LogP contribution in [0.15, 0.2) is 10.5 Å². The summed E-state index contributed by atoms with van der Waals surface area (Å²) in [7, 11) is 0. The zero-order valence-electron chi connectivity index (χ0n) is 8.23. The lowest BCUT2D eigenvalue weighted by Gasteiger charge is -2.11. The van der Waals surface area contributed by atoms with E-state index < -0.39 is 17.4 Å². The predicted octanol–water partition coefficient (Wildman–Crippen LogP) is 3.33. The molecule has 0 radical (unpaired) electrons. The molecule has 0 aromatic heterocycles. The van der Waals surface area contributed by atoms with Crippen molar-refractivity contribution in [2.24, 2.45) is 0 Å². The first-order chi connectivity index (χ1) is 6.99. The van der Waals surface area contributed by atoms with E-state index in [2.05, 4.69) is 15.9 Å². The highest BCUT2D eigenvalue weighted by molar-refractivity contribution is 9.10. The molecule has 0 aliphatic rings. The second-order valence-corrected chi connectivity index (χ2v) is 3.70. The molecule has 1 rings (SSSR count). The Morgan fingerprint density at radius 2 is 2.13 bits per heavy atom. The van der Waals surface area contributed by atoms with Gasteiger partial charge >= 0.3 is 0 Å². The van der Waals surface area contributed by atoms with Crippen molar-refractivity contribution in [2.45, 2.75) is 13.8 Å². The average molecular weight is 279 g/mol. The molecule has 0 heterocycles. The summed E-state index contributed by atoms with van der Waals surface area (Å²) in [5, 5.41) is 0. The third-order valence-electron chi connectivity index (χ3n) is 1.77. The molecule has 1 aromatic rings. The first-order valence-corrected chi connectivity index (χ1v) is 5.09. The fourth-order valence-corrected chi connectivity index (χ4v) is 1.69. The Bertz CT molecular complexity index is 405. The molecule has 2 nitrogen and oxygen atoms in total. The minimum absolute atomic E-state index is 0.0453. The van der Waals surface area contributed by atoms with Crippen LogP contribution in [0.1, 0.15) is 24.2 Å². The lowest BCUT2D eigenvalue weighted by atomic mass is 10.1. The van der Waals surface area contributed by atoms with E-state index in [1.165, 1.54) is 0 Å². The zero-order valence-corrected chi connectivity index (χ0v) is 9.82. The Hall–Kier alpha value is -0.970. The molecule has 5 heteroatoms. The Morgan fingerprint density at radius 3 is 2.60 bits per heavy atom. The summed E-state index contributed by atoms with van der Waals surface area (Å²) in [6.45, 7) is 3.12. The Labute approximate surface area is 94.4 Å². The van der Waals surface area contributed by atoms with Crippen LogP contribution in [0.2, 0.25) is 0 Å². The van der Waals surface area contributed by atoms with E-state index in [4.69, 9.17) is 4.74 Å². The van der Waals surface area contributed by atoms with E-state index in [1.807, 2.05) is 0 Å². The fraction of sp³-hybridized carbons (Fsp3) is 0.300. The number of hydrogen-bond acceptors (Lipinski definition) is 2. The highest BCUT2D eigenvalue weighted by atomic mass is 79.9. The van der Waals surface area contributed by atoms with Gasteiger partial charge in [0.25, 0.3) is 0 Å². The molecule has 0 aliphatic carbocycles. The van der Waals surface area contributed by atoms with Crippen LogP contribution < -0.4 is 4.74 Å². The summed E-state index contributed by atoms with van der Waals surface area (Å²) in [5.74, 6) is -2.77. The van der Waals surface area contributed by atoms with Crippen LogP contribution >= 0.6 is 15.9 Å². The molecular formula is C10H9BrF2O2. The number of ether oxygens (including phenoxy) is 1. The van der Waals surface area contributed by atoms with Gasteiger partial charge in [-0.05, 0) is 35.8 Å². The smallest absolute Gasteiger partial charge is 0.173 e. The molecule has 0 spiro atoms. The lowest BCUT2D eigenvalue weighted by molar-refractivity contribution is 0.100. The maximum Gasteiger partial charge on any atom is 0.173 e. The molecule has 0 unspecified atom stereocenters. The van der Waals surface area contributed by atoms with Crippen molar-refractivity contribution in [1.82, 2.24) is 0 Å². The third kappa shape index (κ3) is 2.34. The second-order valence-electron chi connectivity index (χ2n) is 2.85. The van der Waals surface area contributed by atoms with Gasteiger partial charge in [0.2, 0.25) is 0 Å². The lowest BCUT2D eigenvalue weighted by Crippen LogP contribution is -2.06. The number of Topliss-reactive ketones (excluding diaryl/α,β-unsaturated/α-hetero) is 1. The largest absolute Gasteiger partial charge is 0.492 e. The number of halogens is 3. The Morgan fingerprint density at radius 1 is 1.53 bits per heavy atom. The number of carbonyl (C=O) groups is 1. The molecule has 0 saturated carbocycles. The van der Waals surface area contributed by atoms with E-state index in [1.54, 1.807) is 6.92 Å². The van der Waals surface area contributed by atoms with Crippen molar-refractivity contribution >= 4 is 21.7 Å². The summed E-state index contributed by atoms with van der Waals surface area (Å²) < 4.78 is 31.6. The van der Waals surface area contributed by atoms with Gasteiger partial charge in [0.15, 0.2) is 17.4 Å². The molecule has 0 saturated heterocycles. The van der Waals surface area contributed by atoms with E-state index in [0.29, 0.717) is 0 Å². The fourth-order valence-electron chi connectivity index (χ4n) is 1.18.